The number of ether oxygens (including phenoxy) is 1. The molecule has 21 heavy (non-hydrogen) atoms. The SMILES string of the molecule is CCc1cccc(COCCCCC2=CN=C(N)SC2)c1. The molecule has 0 aliphatic carbocycles. The largest absolute Gasteiger partial charge is 0.378 e. The van der Waals surface area contributed by atoms with Gasteiger partial charge >= 0.3 is 0 Å². The highest BCUT2D eigenvalue weighted by molar-refractivity contribution is 8.14. The molecule has 0 fully saturated rings. The minimum atomic E-state index is 0.677. The van der Waals surface area contributed by atoms with E-state index < -0.39 is 0 Å². The Balaban J connectivity index is 1.58. The number of unbranched alkanes of at least 4 members (excludes halogenated alkanes) is 1. The van der Waals surface area contributed by atoms with Crippen LogP contribution < -0.4 is 5.73 Å². The molecule has 4 heteroatoms. The minimum absolute atomic E-state index is 0.677. The van der Waals surface area contributed by atoms with Crippen molar-refractivity contribution in [3.8, 4) is 0 Å². The lowest BCUT2D eigenvalue weighted by Crippen LogP contribution is -2.10. The molecule has 0 saturated heterocycles. The lowest BCUT2D eigenvalue weighted by molar-refractivity contribution is 0.117. The second-order valence-corrected chi connectivity index (χ2v) is 6.22. The summed E-state index contributed by atoms with van der Waals surface area (Å²) in [7, 11) is 0. The molecule has 3 nitrogen and oxygen atoms in total. The highest BCUT2D eigenvalue weighted by atomic mass is 32.2. The van der Waals surface area contributed by atoms with Gasteiger partial charge in [0.1, 0.15) is 0 Å². The van der Waals surface area contributed by atoms with Gasteiger partial charge in [-0.3, -0.25) is 0 Å². The van der Waals surface area contributed by atoms with Crippen LogP contribution in [0.5, 0.6) is 0 Å². The van der Waals surface area contributed by atoms with E-state index >= 15 is 0 Å². The number of benzene rings is 1. The van der Waals surface area contributed by atoms with Crippen molar-refractivity contribution in [1.82, 2.24) is 0 Å². The standard InChI is InChI=1S/C17H24N2OS/c1-2-14-7-5-8-15(10-14)12-20-9-4-3-6-16-11-19-17(18)21-13-16/h5,7-8,10-11H,2-4,6,9,12-13H2,1H3,(H2,18,19). The summed E-state index contributed by atoms with van der Waals surface area (Å²) >= 11 is 1.62. The molecule has 2 rings (SSSR count). The molecule has 1 heterocycles. The molecule has 1 aromatic rings. The molecule has 2 N–H and O–H groups in total. The van der Waals surface area contributed by atoms with Crippen molar-refractivity contribution < 1.29 is 4.74 Å². The molecule has 0 unspecified atom stereocenters. The second-order valence-electron chi connectivity index (χ2n) is 5.23. The monoisotopic (exact) mass is 304 g/mol. The van der Waals surface area contributed by atoms with Gasteiger partial charge in [0, 0.05) is 18.6 Å². The number of thioether (sulfide) groups is 1. The van der Waals surface area contributed by atoms with Gasteiger partial charge in [0.2, 0.25) is 0 Å². The van der Waals surface area contributed by atoms with E-state index in [4.69, 9.17) is 10.5 Å². The number of nitrogens with two attached hydrogens (primary N) is 1. The first kappa shape index (κ1) is 16.1. The van der Waals surface area contributed by atoms with Crippen LogP contribution in [0.2, 0.25) is 0 Å². The quantitative estimate of drug-likeness (QED) is 0.741. The third-order valence-corrected chi connectivity index (χ3v) is 4.40. The van der Waals surface area contributed by atoms with E-state index in [1.807, 2.05) is 6.20 Å². The Hall–Kier alpha value is -1.26. The lowest BCUT2D eigenvalue weighted by atomic mass is 10.1. The summed E-state index contributed by atoms with van der Waals surface area (Å²) in [5.74, 6) is 0.986. The molecule has 0 bridgehead atoms. The van der Waals surface area contributed by atoms with Crippen molar-refractivity contribution in [2.45, 2.75) is 39.2 Å². The molecule has 0 atom stereocenters. The molecular formula is C17H24N2OS. The summed E-state index contributed by atoms with van der Waals surface area (Å²) in [6, 6.07) is 8.63. The van der Waals surface area contributed by atoms with E-state index in [0.29, 0.717) is 11.8 Å². The van der Waals surface area contributed by atoms with Gasteiger partial charge in [0.25, 0.3) is 0 Å². The fourth-order valence-corrected chi connectivity index (χ4v) is 2.90. The van der Waals surface area contributed by atoms with Crippen LogP contribution in [0, 0.1) is 0 Å². The Kier molecular flexibility index (Phi) is 6.83. The number of rotatable bonds is 8. The Bertz CT molecular complexity index is 511. The number of hydrogen-bond acceptors (Lipinski definition) is 4. The summed E-state index contributed by atoms with van der Waals surface area (Å²) in [6.45, 7) is 3.71. The van der Waals surface area contributed by atoms with Crippen LogP contribution in [0.3, 0.4) is 0 Å². The van der Waals surface area contributed by atoms with E-state index in [1.54, 1.807) is 11.8 Å². The third kappa shape index (κ3) is 5.94. The maximum atomic E-state index is 5.75. The molecule has 1 aliphatic rings. The van der Waals surface area contributed by atoms with E-state index in [2.05, 4.69) is 36.2 Å². The zero-order valence-corrected chi connectivity index (χ0v) is 13.5. The number of hydrogen-bond donors (Lipinski definition) is 1. The normalized spacial score (nSPS) is 14.7. The summed E-state index contributed by atoms with van der Waals surface area (Å²) in [5, 5.41) is 0.677. The van der Waals surface area contributed by atoms with Crippen LogP contribution in [-0.2, 0) is 17.8 Å². The van der Waals surface area contributed by atoms with Crippen molar-refractivity contribution >= 4 is 16.9 Å². The molecule has 0 amide bonds. The number of aryl methyl sites for hydroxylation is 1. The van der Waals surface area contributed by atoms with Gasteiger partial charge in [-0.25, -0.2) is 4.99 Å². The van der Waals surface area contributed by atoms with Gasteiger partial charge in [-0.05, 0) is 42.4 Å². The van der Waals surface area contributed by atoms with Crippen LogP contribution in [0.25, 0.3) is 0 Å². The minimum Gasteiger partial charge on any atom is -0.378 e. The van der Waals surface area contributed by atoms with E-state index in [1.165, 1.54) is 16.7 Å². The van der Waals surface area contributed by atoms with Gasteiger partial charge in [-0.15, -0.1) is 0 Å². The first-order chi connectivity index (χ1) is 10.3. The predicted octanol–water partition coefficient (Wildman–Crippen LogP) is 3.88. The van der Waals surface area contributed by atoms with Gasteiger partial charge in [-0.1, -0.05) is 43.0 Å². The van der Waals surface area contributed by atoms with Crippen LogP contribution in [-0.4, -0.2) is 17.5 Å². The third-order valence-electron chi connectivity index (χ3n) is 3.48. The first-order valence-corrected chi connectivity index (χ1v) is 8.56. The van der Waals surface area contributed by atoms with E-state index in [9.17, 15) is 0 Å². The zero-order chi connectivity index (χ0) is 14.9. The Morgan fingerprint density at radius 2 is 2.14 bits per heavy atom. The Morgan fingerprint density at radius 1 is 1.29 bits per heavy atom. The molecule has 0 aromatic heterocycles. The molecule has 1 aliphatic heterocycles. The molecule has 0 radical (unpaired) electrons. The van der Waals surface area contributed by atoms with Crippen LogP contribution >= 0.6 is 11.8 Å². The van der Waals surface area contributed by atoms with E-state index in [-0.39, 0.29) is 0 Å². The average molecular weight is 304 g/mol. The maximum Gasteiger partial charge on any atom is 0.158 e. The van der Waals surface area contributed by atoms with Gasteiger partial charge < -0.3 is 10.5 Å². The van der Waals surface area contributed by atoms with Gasteiger partial charge in [0.15, 0.2) is 5.17 Å². The van der Waals surface area contributed by atoms with Crippen molar-refractivity contribution in [2.75, 3.05) is 12.4 Å². The molecule has 114 valence electrons. The first-order valence-electron chi connectivity index (χ1n) is 7.57. The molecular weight excluding hydrogens is 280 g/mol. The number of aliphatic imine (C=N–C) groups is 1. The number of nitrogens with zero attached hydrogens (tertiary/aromatic N) is 1. The van der Waals surface area contributed by atoms with Crippen molar-refractivity contribution in [1.29, 1.82) is 0 Å². The van der Waals surface area contributed by atoms with Crippen molar-refractivity contribution in [2.24, 2.45) is 10.7 Å². The van der Waals surface area contributed by atoms with Gasteiger partial charge in [-0.2, -0.15) is 0 Å². The average Bonchev–Trinajstić information content (AvgIpc) is 2.52. The van der Waals surface area contributed by atoms with E-state index in [0.717, 1.165) is 38.0 Å². The molecule has 0 saturated carbocycles. The maximum absolute atomic E-state index is 5.75. The molecule has 1 aromatic carbocycles. The van der Waals surface area contributed by atoms with Crippen molar-refractivity contribution in [3.63, 3.8) is 0 Å². The predicted molar refractivity (Wildman–Crippen MR) is 91.5 cm³/mol. The van der Waals surface area contributed by atoms with Crippen LogP contribution in [0.15, 0.2) is 41.0 Å². The lowest BCUT2D eigenvalue weighted by Gasteiger charge is -2.10. The Morgan fingerprint density at radius 3 is 2.90 bits per heavy atom. The summed E-state index contributed by atoms with van der Waals surface area (Å²) in [5.41, 5.74) is 9.64. The van der Waals surface area contributed by atoms with Gasteiger partial charge in [0.05, 0.1) is 6.61 Å². The highest BCUT2D eigenvalue weighted by Gasteiger charge is 2.05. The summed E-state index contributed by atoms with van der Waals surface area (Å²) in [6.07, 6.45) is 6.33. The zero-order valence-electron chi connectivity index (χ0n) is 12.7. The highest BCUT2D eigenvalue weighted by Crippen LogP contribution is 2.18. The number of amidine groups is 1. The van der Waals surface area contributed by atoms with Crippen LogP contribution in [0.4, 0.5) is 0 Å². The second kappa shape index (κ2) is 8.90. The Labute approximate surface area is 131 Å². The fraction of sp³-hybridized carbons (Fsp3) is 0.471. The smallest absolute Gasteiger partial charge is 0.158 e. The fourth-order valence-electron chi connectivity index (χ4n) is 2.22. The van der Waals surface area contributed by atoms with Crippen LogP contribution in [0.1, 0.15) is 37.3 Å². The summed E-state index contributed by atoms with van der Waals surface area (Å²) < 4.78 is 5.75. The topological polar surface area (TPSA) is 47.6 Å². The molecule has 0 spiro atoms. The summed E-state index contributed by atoms with van der Waals surface area (Å²) in [4.78, 5) is 4.15. The van der Waals surface area contributed by atoms with Crippen molar-refractivity contribution in [3.05, 3.63) is 47.2 Å².